The number of fused-ring (bicyclic) bond motifs is 1. The molecule has 0 bridgehead atoms. The predicted molar refractivity (Wildman–Crippen MR) is 138 cm³/mol. The third-order valence-electron chi connectivity index (χ3n) is 7.19. The Morgan fingerprint density at radius 3 is 2.14 bits per heavy atom. The van der Waals surface area contributed by atoms with E-state index in [1.807, 2.05) is 62.4 Å². The molecule has 6 heteroatoms. The van der Waals surface area contributed by atoms with Crippen LogP contribution in [-0.4, -0.2) is 23.5 Å². The quantitative estimate of drug-likeness (QED) is 0.504. The largest absolute Gasteiger partial charge is 0.512 e. The van der Waals surface area contributed by atoms with E-state index in [2.05, 4.69) is 19.2 Å². The SMILES string of the molecule is CC1(C)CC(=O)C(C(C2=C(Nc3ccccc3)CC(C)(C)CC2=O)c2ccc3c(c2)OCO3)=C(O)C1. The van der Waals surface area contributed by atoms with Gasteiger partial charge in [-0.15, -0.1) is 0 Å². The Morgan fingerprint density at radius 1 is 0.806 bits per heavy atom. The average molecular weight is 488 g/mol. The molecule has 0 spiro atoms. The van der Waals surface area contributed by atoms with Crippen molar-refractivity contribution in [3.8, 4) is 11.5 Å². The van der Waals surface area contributed by atoms with E-state index >= 15 is 0 Å². The van der Waals surface area contributed by atoms with Gasteiger partial charge in [0.2, 0.25) is 6.79 Å². The molecule has 188 valence electrons. The monoisotopic (exact) mass is 487 g/mol. The Bertz CT molecular complexity index is 1290. The maximum absolute atomic E-state index is 13.9. The zero-order valence-electron chi connectivity index (χ0n) is 21.3. The van der Waals surface area contributed by atoms with E-state index < -0.39 is 5.92 Å². The van der Waals surface area contributed by atoms with Crippen LogP contribution in [0.3, 0.4) is 0 Å². The number of allylic oxidation sites excluding steroid dienone is 4. The van der Waals surface area contributed by atoms with Gasteiger partial charge in [-0.2, -0.15) is 0 Å². The number of carbonyl (C=O) groups is 2. The van der Waals surface area contributed by atoms with Crippen LogP contribution in [-0.2, 0) is 9.59 Å². The number of nitrogens with one attached hydrogen (secondary N) is 1. The lowest BCUT2D eigenvalue weighted by Gasteiger charge is -2.38. The smallest absolute Gasteiger partial charge is 0.231 e. The summed E-state index contributed by atoms with van der Waals surface area (Å²) in [5.74, 6) is 0.393. The molecule has 0 aromatic heterocycles. The number of hydrogen-bond donors (Lipinski definition) is 2. The third kappa shape index (κ3) is 4.64. The number of anilines is 1. The van der Waals surface area contributed by atoms with Crippen LogP contribution in [0.1, 0.15) is 64.9 Å². The van der Waals surface area contributed by atoms with Crippen molar-refractivity contribution in [2.45, 2.75) is 59.3 Å². The summed E-state index contributed by atoms with van der Waals surface area (Å²) in [6, 6.07) is 15.2. The number of Topliss-reactive ketones (excluding diaryl/α,β-unsaturated/α-hetero) is 2. The van der Waals surface area contributed by atoms with Crippen molar-refractivity contribution in [3.05, 3.63) is 76.7 Å². The molecule has 2 aromatic rings. The molecule has 5 rings (SSSR count). The maximum atomic E-state index is 13.9. The van der Waals surface area contributed by atoms with Gasteiger partial charge in [0.1, 0.15) is 5.76 Å². The highest BCUT2D eigenvalue weighted by molar-refractivity contribution is 6.06. The third-order valence-corrected chi connectivity index (χ3v) is 7.19. The van der Waals surface area contributed by atoms with Gasteiger partial charge in [-0.1, -0.05) is 52.0 Å². The van der Waals surface area contributed by atoms with E-state index in [0.29, 0.717) is 48.3 Å². The molecule has 1 heterocycles. The number of para-hydroxylation sites is 1. The second-order valence-corrected chi connectivity index (χ2v) is 11.7. The molecular weight excluding hydrogens is 454 g/mol. The first kappa shape index (κ1) is 24.2. The highest BCUT2D eigenvalue weighted by Gasteiger charge is 2.43. The summed E-state index contributed by atoms with van der Waals surface area (Å²) in [7, 11) is 0. The van der Waals surface area contributed by atoms with Crippen molar-refractivity contribution in [3.63, 3.8) is 0 Å². The molecule has 1 aliphatic heterocycles. The van der Waals surface area contributed by atoms with Crippen molar-refractivity contribution in [2.24, 2.45) is 10.8 Å². The Labute approximate surface area is 212 Å². The molecule has 1 atom stereocenters. The van der Waals surface area contributed by atoms with Crippen molar-refractivity contribution in [1.82, 2.24) is 0 Å². The van der Waals surface area contributed by atoms with Gasteiger partial charge >= 0.3 is 0 Å². The van der Waals surface area contributed by atoms with Gasteiger partial charge in [-0.3, -0.25) is 9.59 Å². The van der Waals surface area contributed by atoms with Crippen LogP contribution in [0.2, 0.25) is 0 Å². The molecule has 6 nitrogen and oxygen atoms in total. The lowest BCUT2D eigenvalue weighted by molar-refractivity contribution is -0.119. The van der Waals surface area contributed by atoms with Gasteiger partial charge in [0.25, 0.3) is 0 Å². The van der Waals surface area contributed by atoms with Gasteiger partial charge in [-0.05, 0) is 47.1 Å². The number of carbonyl (C=O) groups excluding carboxylic acids is 2. The number of rotatable bonds is 5. The van der Waals surface area contributed by atoms with Crippen LogP contribution in [0.5, 0.6) is 11.5 Å². The van der Waals surface area contributed by atoms with Crippen molar-refractivity contribution < 1.29 is 24.2 Å². The summed E-state index contributed by atoms with van der Waals surface area (Å²) in [5.41, 5.74) is 2.63. The van der Waals surface area contributed by atoms with E-state index in [9.17, 15) is 14.7 Å². The number of hydrogen-bond acceptors (Lipinski definition) is 6. The summed E-state index contributed by atoms with van der Waals surface area (Å²) in [5, 5.41) is 14.7. The van der Waals surface area contributed by atoms with Crippen molar-refractivity contribution in [2.75, 3.05) is 12.1 Å². The van der Waals surface area contributed by atoms with Crippen LogP contribution < -0.4 is 14.8 Å². The van der Waals surface area contributed by atoms with Crippen molar-refractivity contribution in [1.29, 1.82) is 0 Å². The molecule has 3 aliphatic rings. The molecule has 2 aromatic carbocycles. The van der Waals surface area contributed by atoms with Crippen LogP contribution >= 0.6 is 0 Å². The highest BCUT2D eigenvalue weighted by atomic mass is 16.7. The molecule has 0 saturated heterocycles. The standard InChI is InChI=1S/C30H33NO5/c1-29(2)13-20(31-19-8-6-5-7-9-19)27(21(32)14-29)26(18-10-11-24-25(12-18)36-17-35-24)28-22(33)15-30(3,4)16-23(28)34/h5-12,26,31,33H,13-17H2,1-4H3. The molecular formula is C30H33NO5. The fourth-order valence-electron chi connectivity index (χ4n) is 5.68. The van der Waals surface area contributed by atoms with Crippen LogP contribution in [0, 0.1) is 10.8 Å². The molecule has 36 heavy (non-hydrogen) atoms. The number of ketones is 2. The van der Waals surface area contributed by atoms with E-state index in [4.69, 9.17) is 9.47 Å². The summed E-state index contributed by atoms with van der Waals surface area (Å²) < 4.78 is 11.1. The summed E-state index contributed by atoms with van der Waals surface area (Å²) >= 11 is 0. The average Bonchev–Trinajstić information content (AvgIpc) is 3.24. The number of aliphatic hydroxyl groups is 1. The molecule has 0 fully saturated rings. The highest BCUT2D eigenvalue weighted by Crippen LogP contribution is 2.49. The van der Waals surface area contributed by atoms with Crippen LogP contribution in [0.4, 0.5) is 5.69 Å². The number of ether oxygens (including phenoxy) is 2. The topological polar surface area (TPSA) is 84.9 Å². The molecule has 2 aliphatic carbocycles. The molecule has 2 N–H and O–H groups in total. The second-order valence-electron chi connectivity index (χ2n) is 11.7. The zero-order valence-corrected chi connectivity index (χ0v) is 21.3. The first-order chi connectivity index (χ1) is 17.0. The summed E-state index contributed by atoms with van der Waals surface area (Å²) in [4.78, 5) is 27.5. The first-order valence-electron chi connectivity index (χ1n) is 12.5. The number of aliphatic hydroxyl groups excluding tert-OH is 1. The molecule has 0 radical (unpaired) electrons. The summed E-state index contributed by atoms with van der Waals surface area (Å²) in [6.45, 7) is 8.23. The minimum Gasteiger partial charge on any atom is -0.512 e. The predicted octanol–water partition coefficient (Wildman–Crippen LogP) is 6.46. The maximum Gasteiger partial charge on any atom is 0.231 e. The van der Waals surface area contributed by atoms with Gasteiger partial charge in [0, 0.05) is 47.7 Å². The van der Waals surface area contributed by atoms with Gasteiger partial charge in [0.15, 0.2) is 23.1 Å². The van der Waals surface area contributed by atoms with Crippen LogP contribution in [0.25, 0.3) is 0 Å². The van der Waals surface area contributed by atoms with E-state index in [1.165, 1.54) is 0 Å². The second kappa shape index (κ2) is 8.84. The summed E-state index contributed by atoms with van der Waals surface area (Å²) in [6.07, 6.45) is 1.68. The first-order valence-corrected chi connectivity index (χ1v) is 12.5. The van der Waals surface area contributed by atoms with Crippen molar-refractivity contribution >= 4 is 17.3 Å². The van der Waals surface area contributed by atoms with E-state index in [1.54, 1.807) is 0 Å². The zero-order chi connectivity index (χ0) is 25.7. The van der Waals surface area contributed by atoms with E-state index in [0.717, 1.165) is 16.9 Å². The van der Waals surface area contributed by atoms with Crippen LogP contribution in [0.15, 0.2) is 71.1 Å². The minimum atomic E-state index is -0.710. The molecule has 0 amide bonds. The Balaban J connectivity index is 1.73. The Hall–Kier alpha value is -3.54. The fourth-order valence-corrected chi connectivity index (χ4v) is 5.68. The van der Waals surface area contributed by atoms with E-state index in [-0.39, 0.29) is 34.9 Å². The van der Waals surface area contributed by atoms with Gasteiger partial charge in [0.05, 0.1) is 0 Å². The number of benzene rings is 2. The lowest BCUT2D eigenvalue weighted by Crippen LogP contribution is -2.34. The molecule has 1 unspecified atom stereocenters. The Kier molecular flexibility index (Phi) is 5.93. The lowest BCUT2D eigenvalue weighted by atomic mass is 9.66. The normalized spacial score (nSPS) is 21.6. The fraction of sp³-hybridized carbons (Fsp3) is 0.400. The Morgan fingerprint density at radius 2 is 1.44 bits per heavy atom. The minimum absolute atomic E-state index is 0.0229. The molecule has 0 saturated carbocycles. The van der Waals surface area contributed by atoms with Gasteiger partial charge < -0.3 is 19.9 Å². The van der Waals surface area contributed by atoms with Gasteiger partial charge in [-0.25, -0.2) is 0 Å².